The number of aliphatic hydroxyl groups excluding tert-OH is 1. The van der Waals surface area contributed by atoms with Gasteiger partial charge in [-0.15, -0.1) is 0 Å². The van der Waals surface area contributed by atoms with E-state index in [2.05, 4.69) is 36.0 Å². The molecule has 0 saturated heterocycles. The van der Waals surface area contributed by atoms with Crippen LogP contribution in [0, 0.1) is 0 Å². The first-order valence-corrected chi connectivity index (χ1v) is 19.7. The van der Waals surface area contributed by atoms with Crippen molar-refractivity contribution in [1.82, 2.24) is 16.0 Å². The third kappa shape index (κ3) is 24.1. The number of rotatable bonds is 35. The Morgan fingerprint density at radius 1 is 0.712 bits per heavy atom. The molecule has 2 aromatic rings. The Balaban J connectivity index is 1.75. The zero-order valence-electron chi connectivity index (χ0n) is 34.1. The van der Waals surface area contributed by atoms with Crippen molar-refractivity contribution in [3.63, 3.8) is 0 Å². The molecule has 0 spiro atoms. The highest BCUT2D eigenvalue weighted by molar-refractivity contribution is 5.98. The summed E-state index contributed by atoms with van der Waals surface area (Å²) in [6, 6.07) is 13.4. The molecule has 328 valence electrons. The topological polar surface area (TPSA) is 250 Å². The van der Waals surface area contributed by atoms with Gasteiger partial charge in [-0.3, -0.25) is 14.4 Å². The Hall–Kier alpha value is -4.69. The summed E-state index contributed by atoms with van der Waals surface area (Å²) >= 11 is 0. The molecule has 0 radical (unpaired) electrons. The van der Waals surface area contributed by atoms with Crippen molar-refractivity contribution in [2.45, 2.75) is 50.3 Å². The third-order valence-corrected chi connectivity index (χ3v) is 8.39. The molecule has 0 aliphatic heterocycles. The van der Waals surface area contributed by atoms with Crippen molar-refractivity contribution in [3.05, 3.63) is 76.2 Å². The van der Waals surface area contributed by atoms with Gasteiger partial charge < -0.3 is 59.5 Å². The molecule has 19 heteroatoms. The fraction of sp³-hybridized carbons (Fsp3) is 0.600. The number of unbranched alkanes of at least 4 members (excludes halogenated alkanes) is 1. The number of benzene rings is 2. The highest BCUT2D eigenvalue weighted by Gasteiger charge is 2.27. The minimum absolute atomic E-state index is 0.00791. The average Bonchev–Trinajstić information content (AvgIpc) is 3.25. The largest absolute Gasteiger partial charge is 0.467 e. The fourth-order valence-electron chi connectivity index (χ4n) is 5.26. The van der Waals surface area contributed by atoms with Crippen LogP contribution in [-0.2, 0) is 58.8 Å². The van der Waals surface area contributed by atoms with Crippen LogP contribution in [0.15, 0.2) is 59.7 Å². The van der Waals surface area contributed by atoms with Gasteiger partial charge in [0.15, 0.2) is 6.10 Å². The molecule has 0 bridgehead atoms. The van der Waals surface area contributed by atoms with E-state index < -0.39 is 36.0 Å². The van der Waals surface area contributed by atoms with Crippen molar-refractivity contribution in [1.29, 1.82) is 0 Å². The number of azide groups is 1. The summed E-state index contributed by atoms with van der Waals surface area (Å²) in [7, 11) is 3.01. The molecule has 0 aromatic heterocycles. The Kier molecular flexibility index (Phi) is 28.4. The number of anilines is 1. The zero-order chi connectivity index (χ0) is 42.8. The second-order valence-corrected chi connectivity index (χ2v) is 12.9. The van der Waals surface area contributed by atoms with E-state index in [1.165, 1.54) is 19.2 Å². The summed E-state index contributed by atoms with van der Waals surface area (Å²) in [5.41, 5.74) is 9.71. The van der Waals surface area contributed by atoms with Crippen molar-refractivity contribution >= 4 is 29.4 Å². The summed E-state index contributed by atoms with van der Waals surface area (Å²) in [6.45, 7) is 5.36. The Morgan fingerprint density at radius 3 is 1.81 bits per heavy atom. The van der Waals surface area contributed by atoms with E-state index >= 15 is 0 Å². The first-order valence-electron chi connectivity index (χ1n) is 19.7. The number of carbonyl (C=O) groups excluding carboxylic acids is 4. The molecule has 19 nitrogen and oxygen atoms in total. The minimum Gasteiger partial charge on any atom is -0.467 e. The van der Waals surface area contributed by atoms with Crippen molar-refractivity contribution in [2.24, 2.45) is 5.11 Å². The van der Waals surface area contributed by atoms with E-state index in [-0.39, 0.29) is 32.0 Å². The smallest absolute Gasteiger partial charge is 0.339 e. The molecule has 0 heterocycles. The summed E-state index contributed by atoms with van der Waals surface area (Å²) in [6.07, 6.45) is 0.505. The van der Waals surface area contributed by atoms with Crippen LogP contribution in [-0.4, -0.2) is 147 Å². The summed E-state index contributed by atoms with van der Waals surface area (Å²) in [4.78, 5) is 54.6. The SMILES string of the molecule is CNCCCCC(NC(=O)[C@H](Cc1ccccc1)NC(=O)CCOCCOCCOCCOCCOCCOCCN=[N+]=[N-])C(=O)Nc1ccc(C(O)C(=O)OC)cc1. The molecule has 0 aliphatic carbocycles. The van der Waals surface area contributed by atoms with Gasteiger partial charge in [0.2, 0.25) is 17.7 Å². The second kappa shape index (κ2) is 33.2. The standard InChI is InChI=1S/C40H61N7O12/c1-42-16-7-6-10-34(38(50)44-33-13-11-32(12-14-33)37(49)40(52)53-2)46-39(51)35(30-31-8-4-3-5-9-31)45-36(48)15-18-54-20-22-56-24-26-58-28-29-59-27-25-57-23-21-55-19-17-43-47-41/h3-5,8-9,11-14,34-35,37,42,49H,6-7,10,15-30H2,1-2H3,(H,44,50)(H,45,48)(H,46,51)/t34?,35-,37?/m0/s1. The van der Waals surface area contributed by atoms with Crippen molar-refractivity contribution < 1.29 is 57.4 Å². The molecule has 2 unspecified atom stereocenters. The van der Waals surface area contributed by atoms with Gasteiger partial charge in [-0.1, -0.05) is 47.6 Å². The predicted molar refractivity (Wildman–Crippen MR) is 217 cm³/mol. The van der Waals surface area contributed by atoms with Crippen LogP contribution in [0.5, 0.6) is 0 Å². The van der Waals surface area contributed by atoms with E-state index in [1.807, 2.05) is 37.4 Å². The highest BCUT2D eigenvalue weighted by Crippen LogP contribution is 2.18. The third-order valence-electron chi connectivity index (χ3n) is 8.39. The monoisotopic (exact) mass is 831 g/mol. The van der Waals surface area contributed by atoms with Crippen LogP contribution >= 0.6 is 0 Å². The summed E-state index contributed by atoms with van der Waals surface area (Å²) in [5, 5.41) is 25.0. The fourth-order valence-corrected chi connectivity index (χ4v) is 5.26. The van der Waals surface area contributed by atoms with Crippen LogP contribution in [0.1, 0.15) is 42.9 Å². The molecule has 0 aliphatic rings. The molecular formula is C40H61N7O12. The number of carbonyl (C=O) groups is 4. The van der Waals surface area contributed by atoms with Gasteiger partial charge in [0.25, 0.3) is 0 Å². The van der Waals surface area contributed by atoms with E-state index in [9.17, 15) is 24.3 Å². The molecule has 3 amide bonds. The Bertz CT molecular complexity index is 1500. The first-order chi connectivity index (χ1) is 28.8. The van der Waals surface area contributed by atoms with E-state index in [4.69, 9.17) is 34.0 Å². The number of hydrogen-bond donors (Lipinski definition) is 5. The zero-order valence-corrected chi connectivity index (χ0v) is 34.1. The molecule has 0 fully saturated rings. The Morgan fingerprint density at radius 2 is 1.27 bits per heavy atom. The van der Waals surface area contributed by atoms with Crippen LogP contribution in [0.3, 0.4) is 0 Å². The number of esters is 1. The quantitative estimate of drug-likeness (QED) is 0.0220. The van der Waals surface area contributed by atoms with Crippen LogP contribution in [0.4, 0.5) is 5.69 Å². The second-order valence-electron chi connectivity index (χ2n) is 12.9. The van der Waals surface area contributed by atoms with Crippen LogP contribution in [0.25, 0.3) is 10.4 Å². The maximum absolute atomic E-state index is 13.7. The number of nitrogens with one attached hydrogen (secondary N) is 4. The van der Waals surface area contributed by atoms with Gasteiger partial charge in [0.05, 0.1) is 86.4 Å². The Labute approximate surface area is 345 Å². The van der Waals surface area contributed by atoms with E-state index in [1.54, 1.807) is 12.1 Å². The van der Waals surface area contributed by atoms with Gasteiger partial charge in [-0.25, -0.2) is 4.79 Å². The number of methoxy groups -OCH3 is 1. The number of amides is 3. The molecule has 0 saturated carbocycles. The number of nitrogens with zero attached hydrogens (tertiary/aromatic N) is 3. The molecule has 3 atom stereocenters. The minimum atomic E-state index is -1.46. The lowest BCUT2D eigenvalue weighted by atomic mass is 10.0. The average molecular weight is 832 g/mol. The predicted octanol–water partition coefficient (Wildman–Crippen LogP) is 2.23. The lowest BCUT2D eigenvalue weighted by Gasteiger charge is -2.23. The normalized spacial score (nSPS) is 12.5. The van der Waals surface area contributed by atoms with E-state index in [0.29, 0.717) is 96.7 Å². The number of ether oxygens (including phenoxy) is 7. The molecule has 2 aromatic carbocycles. The van der Waals surface area contributed by atoms with E-state index in [0.717, 1.165) is 18.5 Å². The van der Waals surface area contributed by atoms with Gasteiger partial charge in [0, 0.05) is 30.0 Å². The van der Waals surface area contributed by atoms with Crippen LogP contribution in [0.2, 0.25) is 0 Å². The molecular weight excluding hydrogens is 770 g/mol. The van der Waals surface area contributed by atoms with Gasteiger partial charge in [-0.2, -0.15) is 0 Å². The summed E-state index contributed by atoms with van der Waals surface area (Å²) in [5.74, 6) is -2.16. The lowest BCUT2D eigenvalue weighted by Crippen LogP contribution is -2.53. The maximum Gasteiger partial charge on any atom is 0.339 e. The maximum atomic E-state index is 13.7. The van der Waals surface area contributed by atoms with Gasteiger partial charge >= 0.3 is 5.97 Å². The molecule has 5 N–H and O–H groups in total. The van der Waals surface area contributed by atoms with Gasteiger partial charge in [0.1, 0.15) is 12.1 Å². The van der Waals surface area contributed by atoms with Crippen LogP contribution < -0.4 is 21.3 Å². The lowest BCUT2D eigenvalue weighted by molar-refractivity contribution is -0.150. The van der Waals surface area contributed by atoms with Crippen molar-refractivity contribution in [3.8, 4) is 0 Å². The number of hydrogen-bond acceptors (Lipinski definition) is 14. The summed E-state index contributed by atoms with van der Waals surface area (Å²) < 4.78 is 37.2. The van der Waals surface area contributed by atoms with Crippen molar-refractivity contribution in [2.75, 3.05) is 112 Å². The highest BCUT2D eigenvalue weighted by atomic mass is 16.6. The number of aliphatic hydroxyl groups is 1. The first kappa shape index (κ1) is 50.5. The van der Waals surface area contributed by atoms with Gasteiger partial charge in [-0.05, 0) is 61.6 Å². The molecule has 2 rings (SSSR count). The molecule has 59 heavy (non-hydrogen) atoms.